The van der Waals surface area contributed by atoms with Crippen molar-refractivity contribution in [1.29, 1.82) is 0 Å². The molecule has 1 aliphatic heterocycles. The second kappa shape index (κ2) is 5.46. The molecule has 0 aliphatic carbocycles. The average Bonchev–Trinajstić information content (AvgIpc) is 2.77. The van der Waals surface area contributed by atoms with E-state index in [0.717, 1.165) is 25.9 Å². The van der Waals surface area contributed by atoms with Crippen molar-refractivity contribution >= 4 is 11.6 Å². The largest absolute Gasteiger partial charge is 0.350 e. The van der Waals surface area contributed by atoms with E-state index in [-0.39, 0.29) is 24.2 Å². The molecule has 1 saturated heterocycles. The average molecular weight is 275 g/mol. The van der Waals surface area contributed by atoms with Gasteiger partial charge < -0.3 is 10.6 Å². The molecule has 0 spiro atoms. The Kier molecular flexibility index (Phi) is 3.51. The Morgan fingerprint density at radius 1 is 1.50 bits per heavy atom. The fourth-order valence-corrected chi connectivity index (χ4v) is 2.46. The van der Waals surface area contributed by atoms with Crippen LogP contribution < -0.4 is 16.3 Å². The Morgan fingerprint density at radius 2 is 2.40 bits per heavy atom. The molecule has 1 aliphatic rings. The van der Waals surface area contributed by atoms with E-state index in [1.165, 1.54) is 9.08 Å². The Labute approximate surface area is 115 Å². The molecule has 1 amide bonds. The number of rotatable bonds is 3. The smallest absolute Gasteiger partial charge is 0.350 e. The molecule has 1 fully saturated rings. The Balaban J connectivity index is 1.71. The lowest BCUT2D eigenvalue weighted by atomic mass is 10.1. The molecule has 2 aromatic rings. The third kappa shape index (κ3) is 2.57. The Hall–Kier alpha value is -2.15. The zero-order valence-corrected chi connectivity index (χ0v) is 11.1. The fraction of sp³-hybridized carbons (Fsp3) is 0.462. The number of amides is 1. The summed E-state index contributed by atoms with van der Waals surface area (Å²) in [5.74, 6) is -0.177. The van der Waals surface area contributed by atoms with Crippen LogP contribution in [0, 0.1) is 0 Å². The molecule has 0 radical (unpaired) electrons. The molecule has 106 valence electrons. The van der Waals surface area contributed by atoms with Crippen molar-refractivity contribution in [2.45, 2.75) is 25.4 Å². The van der Waals surface area contributed by atoms with E-state index >= 15 is 0 Å². The minimum absolute atomic E-state index is 0.0446. The quantitative estimate of drug-likeness (QED) is 0.781. The highest BCUT2D eigenvalue weighted by atomic mass is 16.2. The summed E-state index contributed by atoms with van der Waals surface area (Å²) in [4.78, 5) is 24.0. The lowest BCUT2D eigenvalue weighted by Crippen LogP contribution is -2.47. The summed E-state index contributed by atoms with van der Waals surface area (Å²) in [6, 6.07) is 5.44. The second-order valence-corrected chi connectivity index (χ2v) is 4.98. The molecule has 2 N–H and O–H groups in total. The lowest BCUT2D eigenvalue weighted by Gasteiger charge is -2.23. The molecule has 7 heteroatoms. The summed E-state index contributed by atoms with van der Waals surface area (Å²) in [7, 11) is 0. The number of nitrogens with one attached hydrogen (secondary N) is 2. The van der Waals surface area contributed by atoms with Gasteiger partial charge in [-0.05, 0) is 31.5 Å². The molecule has 20 heavy (non-hydrogen) atoms. The van der Waals surface area contributed by atoms with Crippen LogP contribution in [-0.2, 0) is 11.3 Å². The van der Waals surface area contributed by atoms with E-state index in [9.17, 15) is 9.59 Å². The predicted molar refractivity (Wildman–Crippen MR) is 73.5 cm³/mol. The molecule has 3 rings (SSSR count). The van der Waals surface area contributed by atoms with Crippen LogP contribution in [0.4, 0.5) is 0 Å². The van der Waals surface area contributed by atoms with Gasteiger partial charge in [-0.1, -0.05) is 6.07 Å². The van der Waals surface area contributed by atoms with E-state index < -0.39 is 0 Å². The second-order valence-electron chi connectivity index (χ2n) is 4.98. The number of piperidine rings is 1. The molecule has 0 aromatic carbocycles. The lowest BCUT2D eigenvalue weighted by molar-refractivity contribution is -0.122. The van der Waals surface area contributed by atoms with Gasteiger partial charge in [0, 0.05) is 18.8 Å². The monoisotopic (exact) mass is 275 g/mol. The van der Waals surface area contributed by atoms with Gasteiger partial charge >= 0.3 is 5.69 Å². The van der Waals surface area contributed by atoms with Crippen LogP contribution in [0.15, 0.2) is 29.2 Å². The van der Waals surface area contributed by atoms with Crippen molar-refractivity contribution in [3.05, 3.63) is 34.9 Å². The van der Waals surface area contributed by atoms with E-state index in [4.69, 9.17) is 0 Å². The van der Waals surface area contributed by atoms with Crippen LogP contribution in [0.2, 0.25) is 0 Å². The third-order valence-corrected chi connectivity index (χ3v) is 3.44. The van der Waals surface area contributed by atoms with Gasteiger partial charge in [0.05, 0.1) is 0 Å². The summed E-state index contributed by atoms with van der Waals surface area (Å²) in [6.07, 6.45) is 3.67. The van der Waals surface area contributed by atoms with E-state index in [1.807, 2.05) is 0 Å². The van der Waals surface area contributed by atoms with Gasteiger partial charge in [-0.3, -0.25) is 9.20 Å². The van der Waals surface area contributed by atoms with Gasteiger partial charge in [0.25, 0.3) is 0 Å². The minimum Gasteiger partial charge on any atom is -0.350 e. The van der Waals surface area contributed by atoms with E-state index in [1.54, 1.807) is 24.4 Å². The van der Waals surface area contributed by atoms with Crippen LogP contribution in [0.5, 0.6) is 0 Å². The van der Waals surface area contributed by atoms with Gasteiger partial charge in [-0.15, -0.1) is 5.10 Å². The van der Waals surface area contributed by atoms with Crippen LogP contribution in [0.25, 0.3) is 5.65 Å². The molecule has 0 saturated carbocycles. The predicted octanol–water partition coefficient (Wildman–Crippen LogP) is -0.636. The molecular weight excluding hydrogens is 258 g/mol. The number of aromatic nitrogens is 3. The zero-order valence-electron chi connectivity index (χ0n) is 11.1. The number of carbonyl (C=O) groups excluding carboxylic acids is 1. The maximum atomic E-state index is 12.0. The first kappa shape index (κ1) is 12.9. The van der Waals surface area contributed by atoms with Gasteiger partial charge in [0.2, 0.25) is 5.91 Å². The maximum Gasteiger partial charge on any atom is 0.350 e. The van der Waals surface area contributed by atoms with Crippen LogP contribution >= 0.6 is 0 Å². The summed E-state index contributed by atoms with van der Waals surface area (Å²) in [5, 5.41) is 10.3. The molecule has 1 unspecified atom stereocenters. The molecule has 2 aromatic heterocycles. The van der Waals surface area contributed by atoms with Crippen LogP contribution in [0.1, 0.15) is 12.8 Å². The normalized spacial score (nSPS) is 19.1. The highest BCUT2D eigenvalue weighted by Crippen LogP contribution is 2.01. The van der Waals surface area contributed by atoms with Crippen LogP contribution in [-0.4, -0.2) is 39.2 Å². The minimum atomic E-state index is -0.294. The SMILES string of the molecule is O=C(Cn1nc2ccccn2c1=O)NC1CCCNC1. The number of pyridine rings is 1. The van der Waals surface area contributed by atoms with Crippen molar-refractivity contribution in [2.24, 2.45) is 0 Å². The summed E-state index contributed by atoms with van der Waals surface area (Å²) >= 11 is 0. The fourth-order valence-electron chi connectivity index (χ4n) is 2.46. The molecule has 3 heterocycles. The standard InChI is InChI=1S/C13H17N5O2/c19-12(15-10-4-3-6-14-8-10)9-18-13(20)17-7-2-1-5-11(17)16-18/h1-2,5,7,10,14H,3-4,6,8-9H2,(H,15,19). The highest BCUT2D eigenvalue weighted by Gasteiger charge is 2.16. The van der Waals surface area contributed by atoms with Gasteiger partial charge in [0.15, 0.2) is 5.65 Å². The molecule has 0 bridgehead atoms. The first-order valence-electron chi connectivity index (χ1n) is 6.78. The number of nitrogens with zero attached hydrogens (tertiary/aromatic N) is 3. The molecular formula is C13H17N5O2. The van der Waals surface area contributed by atoms with Crippen molar-refractivity contribution in [2.75, 3.05) is 13.1 Å². The first-order chi connectivity index (χ1) is 9.74. The number of carbonyl (C=O) groups is 1. The maximum absolute atomic E-state index is 12.0. The van der Waals surface area contributed by atoms with Gasteiger partial charge in [-0.2, -0.15) is 0 Å². The summed E-state index contributed by atoms with van der Waals surface area (Å²) in [5.41, 5.74) is 0.252. The summed E-state index contributed by atoms with van der Waals surface area (Å²) in [6.45, 7) is 1.74. The number of hydrogen-bond donors (Lipinski definition) is 2. The highest BCUT2D eigenvalue weighted by molar-refractivity contribution is 5.76. The topological polar surface area (TPSA) is 80.4 Å². The Bertz CT molecular complexity index is 669. The molecule has 7 nitrogen and oxygen atoms in total. The van der Waals surface area contributed by atoms with Gasteiger partial charge in [-0.25, -0.2) is 9.48 Å². The van der Waals surface area contributed by atoms with E-state index in [2.05, 4.69) is 15.7 Å². The Morgan fingerprint density at radius 3 is 3.15 bits per heavy atom. The van der Waals surface area contributed by atoms with Crippen molar-refractivity contribution in [3.8, 4) is 0 Å². The van der Waals surface area contributed by atoms with Crippen LogP contribution in [0.3, 0.4) is 0 Å². The number of fused-ring (bicyclic) bond motifs is 1. The van der Waals surface area contributed by atoms with Crippen molar-refractivity contribution < 1.29 is 4.79 Å². The van der Waals surface area contributed by atoms with E-state index in [0.29, 0.717) is 5.65 Å². The van der Waals surface area contributed by atoms with Crippen molar-refractivity contribution in [1.82, 2.24) is 24.8 Å². The number of hydrogen-bond acceptors (Lipinski definition) is 4. The molecule has 1 atom stereocenters. The summed E-state index contributed by atoms with van der Waals surface area (Å²) < 4.78 is 2.62. The first-order valence-corrected chi connectivity index (χ1v) is 6.78. The van der Waals surface area contributed by atoms with Gasteiger partial charge in [0.1, 0.15) is 6.54 Å². The zero-order chi connectivity index (χ0) is 13.9. The van der Waals surface area contributed by atoms with Crippen molar-refractivity contribution in [3.63, 3.8) is 0 Å². The third-order valence-electron chi connectivity index (χ3n) is 3.44.